The Morgan fingerprint density at radius 3 is 2.57 bits per heavy atom. The summed E-state index contributed by atoms with van der Waals surface area (Å²) in [7, 11) is 0. The van der Waals surface area contributed by atoms with Gasteiger partial charge in [-0.1, -0.05) is 0 Å². The molecule has 0 amide bonds. The van der Waals surface area contributed by atoms with Gasteiger partial charge in [0.05, 0.1) is 11.7 Å². The van der Waals surface area contributed by atoms with Crippen LogP contribution in [0.2, 0.25) is 0 Å². The van der Waals surface area contributed by atoms with Crippen LogP contribution in [0.3, 0.4) is 0 Å². The Kier molecular flexibility index (Phi) is 3.85. The minimum absolute atomic E-state index is 0.0551. The fraction of sp³-hybridized carbons (Fsp3) is 0.357. The molecule has 0 aromatic heterocycles. The molecule has 1 aliphatic heterocycles. The highest BCUT2D eigenvalue weighted by molar-refractivity contribution is 5.95. The van der Waals surface area contributed by atoms with Crippen LogP contribution in [-0.2, 0) is 4.79 Å². The topological polar surface area (TPSA) is 55.8 Å². The van der Waals surface area contributed by atoms with Crippen molar-refractivity contribution < 1.29 is 32.5 Å². The summed E-state index contributed by atoms with van der Waals surface area (Å²) in [5.74, 6) is -1.36. The molecule has 1 aromatic rings. The second-order valence-corrected chi connectivity index (χ2v) is 4.81. The average molecular weight is 302 g/mol. The molecule has 21 heavy (non-hydrogen) atoms. The van der Waals surface area contributed by atoms with Gasteiger partial charge in [0.1, 0.15) is 11.5 Å². The van der Waals surface area contributed by atoms with Gasteiger partial charge in [-0.3, -0.25) is 0 Å². The normalized spacial score (nSPS) is 17.8. The van der Waals surface area contributed by atoms with E-state index in [1.807, 2.05) is 0 Å². The summed E-state index contributed by atoms with van der Waals surface area (Å²) in [6, 6.07) is 4.33. The number of carbonyl (C=O) groups is 1. The van der Waals surface area contributed by atoms with E-state index in [-0.39, 0.29) is 17.4 Å². The molecule has 0 saturated carbocycles. The van der Waals surface area contributed by atoms with Crippen LogP contribution >= 0.6 is 0 Å². The molecule has 1 unspecified atom stereocenters. The second-order valence-electron chi connectivity index (χ2n) is 4.81. The number of halogens is 3. The molecule has 0 bridgehead atoms. The van der Waals surface area contributed by atoms with E-state index in [0.717, 1.165) is 6.08 Å². The summed E-state index contributed by atoms with van der Waals surface area (Å²) in [6.45, 7) is 3.56. The van der Waals surface area contributed by atoms with Gasteiger partial charge < -0.3 is 14.6 Å². The van der Waals surface area contributed by atoms with Crippen LogP contribution < -0.4 is 9.47 Å². The zero-order valence-corrected chi connectivity index (χ0v) is 11.3. The number of hydrogen-bond donors (Lipinski definition) is 1. The third-order valence-electron chi connectivity index (χ3n) is 2.74. The molecule has 4 nitrogen and oxygen atoms in total. The number of ether oxygens (including phenoxy) is 2. The van der Waals surface area contributed by atoms with Crippen LogP contribution in [0.4, 0.5) is 13.2 Å². The highest BCUT2D eigenvalue weighted by atomic mass is 19.4. The smallest absolute Gasteiger partial charge is 0.430 e. The molecule has 7 heteroatoms. The fourth-order valence-corrected chi connectivity index (χ4v) is 1.93. The van der Waals surface area contributed by atoms with Crippen LogP contribution in [0.1, 0.15) is 19.4 Å². The molecule has 0 saturated heterocycles. The van der Waals surface area contributed by atoms with Crippen LogP contribution in [0.5, 0.6) is 11.5 Å². The van der Waals surface area contributed by atoms with Gasteiger partial charge in [0.15, 0.2) is 0 Å². The zero-order chi connectivity index (χ0) is 15.8. The molecule has 2 rings (SSSR count). The van der Waals surface area contributed by atoms with Crippen molar-refractivity contribution in [2.45, 2.75) is 32.2 Å². The van der Waals surface area contributed by atoms with Crippen molar-refractivity contribution in [3.8, 4) is 11.5 Å². The highest BCUT2D eigenvalue weighted by Gasteiger charge is 2.48. The van der Waals surface area contributed by atoms with Gasteiger partial charge in [0.2, 0.25) is 6.10 Å². The van der Waals surface area contributed by atoms with Crippen molar-refractivity contribution in [1.82, 2.24) is 0 Å². The lowest BCUT2D eigenvalue weighted by molar-refractivity contribution is -0.187. The summed E-state index contributed by atoms with van der Waals surface area (Å²) < 4.78 is 48.9. The van der Waals surface area contributed by atoms with Gasteiger partial charge in [0.25, 0.3) is 0 Å². The Morgan fingerprint density at radius 1 is 1.38 bits per heavy atom. The zero-order valence-electron chi connectivity index (χ0n) is 11.3. The van der Waals surface area contributed by atoms with E-state index in [1.165, 1.54) is 12.1 Å². The number of aliphatic carboxylic acids is 1. The van der Waals surface area contributed by atoms with Crippen molar-refractivity contribution >= 4 is 12.0 Å². The van der Waals surface area contributed by atoms with E-state index in [4.69, 9.17) is 14.6 Å². The maximum atomic E-state index is 12.9. The Morgan fingerprint density at radius 2 is 2.05 bits per heavy atom. The van der Waals surface area contributed by atoms with Crippen molar-refractivity contribution in [3.63, 3.8) is 0 Å². The number of alkyl halides is 3. The van der Waals surface area contributed by atoms with E-state index >= 15 is 0 Å². The van der Waals surface area contributed by atoms with Crippen molar-refractivity contribution in [2.24, 2.45) is 0 Å². The predicted octanol–water partition coefficient (Wildman–Crippen LogP) is 3.27. The molecule has 1 aliphatic rings. The lowest BCUT2D eigenvalue weighted by Gasteiger charge is -2.27. The van der Waals surface area contributed by atoms with Gasteiger partial charge in [-0.25, -0.2) is 4.79 Å². The van der Waals surface area contributed by atoms with Crippen molar-refractivity contribution in [2.75, 3.05) is 0 Å². The van der Waals surface area contributed by atoms with Gasteiger partial charge in [-0.15, -0.1) is 0 Å². The summed E-state index contributed by atoms with van der Waals surface area (Å²) in [5, 5.41) is 8.90. The van der Waals surface area contributed by atoms with Crippen molar-refractivity contribution in [3.05, 3.63) is 29.3 Å². The summed E-state index contributed by atoms with van der Waals surface area (Å²) in [6.07, 6.45) is -6.47. The van der Waals surface area contributed by atoms with Gasteiger partial charge in [-0.2, -0.15) is 13.2 Å². The highest BCUT2D eigenvalue weighted by Crippen LogP contribution is 2.38. The molecule has 0 aliphatic carbocycles. The number of benzene rings is 1. The second kappa shape index (κ2) is 5.31. The van der Waals surface area contributed by atoms with Gasteiger partial charge >= 0.3 is 12.1 Å². The molecular weight excluding hydrogens is 289 g/mol. The number of carboxylic acid groups (broad SMARTS) is 1. The third-order valence-corrected chi connectivity index (χ3v) is 2.74. The fourth-order valence-electron chi connectivity index (χ4n) is 1.93. The Balaban J connectivity index is 2.43. The summed E-state index contributed by atoms with van der Waals surface area (Å²) >= 11 is 0. The lowest BCUT2D eigenvalue weighted by atomic mass is 10.0. The minimum atomic E-state index is -4.81. The SMILES string of the molecule is CC(C)Oc1ccc2c(c1)OC(C(F)(F)F)C(C(=O)O)=C2. The number of hydrogen-bond acceptors (Lipinski definition) is 3. The maximum absolute atomic E-state index is 12.9. The van der Waals surface area contributed by atoms with Gasteiger partial charge in [0, 0.05) is 11.6 Å². The quantitative estimate of drug-likeness (QED) is 0.931. The molecule has 0 fully saturated rings. The first-order valence-electron chi connectivity index (χ1n) is 6.17. The lowest BCUT2D eigenvalue weighted by Crippen LogP contribution is -2.40. The Bertz CT molecular complexity index is 590. The summed E-state index contributed by atoms with van der Waals surface area (Å²) in [4.78, 5) is 11.0. The first kappa shape index (κ1) is 15.2. The van der Waals surface area contributed by atoms with E-state index in [9.17, 15) is 18.0 Å². The molecule has 0 spiro atoms. The Labute approximate surface area is 118 Å². The first-order valence-corrected chi connectivity index (χ1v) is 6.17. The van der Waals surface area contributed by atoms with E-state index < -0.39 is 23.8 Å². The van der Waals surface area contributed by atoms with E-state index in [1.54, 1.807) is 19.9 Å². The molecule has 1 heterocycles. The molecule has 1 aromatic carbocycles. The molecule has 1 N–H and O–H groups in total. The van der Waals surface area contributed by atoms with Crippen LogP contribution in [0.25, 0.3) is 6.08 Å². The van der Waals surface area contributed by atoms with E-state index in [0.29, 0.717) is 5.75 Å². The van der Waals surface area contributed by atoms with Crippen molar-refractivity contribution in [1.29, 1.82) is 0 Å². The molecular formula is C14H13F3O4. The standard InChI is InChI=1S/C14H13F3O4/c1-7(2)20-9-4-3-8-5-10(13(18)19)12(14(15,16)17)21-11(8)6-9/h3-7,12H,1-2H3,(H,18,19). The molecule has 114 valence electrons. The van der Waals surface area contributed by atoms with Gasteiger partial charge in [-0.05, 0) is 32.1 Å². The van der Waals surface area contributed by atoms with Crippen LogP contribution in [-0.4, -0.2) is 29.5 Å². The third kappa shape index (κ3) is 3.29. The predicted molar refractivity (Wildman–Crippen MR) is 68.3 cm³/mol. The molecule has 1 atom stereocenters. The largest absolute Gasteiger partial charge is 0.491 e. The minimum Gasteiger partial charge on any atom is -0.491 e. The summed E-state index contributed by atoms with van der Waals surface area (Å²) in [5.41, 5.74) is -0.573. The maximum Gasteiger partial charge on any atom is 0.430 e. The average Bonchev–Trinajstić information content (AvgIpc) is 2.35. The van der Waals surface area contributed by atoms with E-state index in [2.05, 4.69) is 0 Å². The Hall–Kier alpha value is -2.18. The number of rotatable bonds is 3. The molecule has 0 radical (unpaired) electrons. The monoisotopic (exact) mass is 302 g/mol. The van der Waals surface area contributed by atoms with Crippen LogP contribution in [0.15, 0.2) is 23.8 Å². The van der Waals surface area contributed by atoms with Crippen LogP contribution in [0, 0.1) is 0 Å². The number of carboxylic acids is 1. The number of fused-ring (bicyclic) bond motifs is 1. The first-order chi connectivity index (χ1) is 9.68.